The molecule has 1 fully saturated rings. The Kier molecular flexibility index (Phi) is 4.41. The van der Waals surface area contributed by atoms with Gasteiger partial charge in [-0.15, -0.1) is 11.3 Å². The van der Waals surface area contributed by atoms with Crippen LogP contribution >= 0.6 is 11.3 Å². The zero-order valence-corrected chi connectivity index (χ0v) is 12.9. The number of hydrogen-bond acceptors (Lipinski definition) is 5. The second kappa shape index (κ2) is 6.45. The van der Waals surface area contributed by atoms with Gasteiger partial charge in [0.05, 0.1) is 25.3 Å². The minimum Gasteiger partial charge on any atom is -0.496 e. The Morgan fingerprint density at radius 2 is 2.29 bits per heavy atom. The van der Waals surface area contributed by atoms with Gasteiger partial charge in [0.15, 0.2) is 0 Å². The molecule has 0 spiro atoms. The first-order valence-corrected chi connectivity index (χ1v) is 8.08. The van der Waals surface area contributed by atoms with E-state index in [9.17, 15) is 5.11 Å². The number of thiazole rings is 1. The maximum Gasteiger partial charge on any atom is 0.124 e. The molecular weight excluding hydrogens is 284 g/mol. The fourth-order valence-corrected chi connectivity index (χ4v) is 3.48. The van der Waals surface area contributed by atoms with Crippen LogP contribution in [0.2, 0.25) is 0 Å². The van der Waals surface area contributed by atoms with E-state index in [2.05, 4.69) is 10.3 Å². The molecule has 112 valence electrons. The Balaban J connectivity index is 1.62. The van der Waals surface area contributed by atoms with Gasteiger partial charge in [0.25, 0.3) is 0 Å². The van der Waals surface area contributed by atoms with Crippen LogP contribution < -0.4 is 10.1 Å². The summed E-state index contributed by atoms with van der Waals surface area (Å²) in [5.41, 5.74) is 1.78. The van der Waals surface area contributed by atoms with Crippen LogP contribution in [0.1, 0.15) is 40.6 Å². The number of aliphatic hydroxyl groups is 1. The predicted molar refractivity (Wildman–Crippen MR) is 84.9 cm³/mol. The summed E-state index contributed by atoms with van der Waals surface area (Å²) in [6.45, 7) is 0.743. The maximum absolute atomic E-state index is 9.34. The van der Waals surface area contributed by atoms with E-state index in [0.29, 0.717) is 11.7 Å². The van der Waals surface area contributed by atoms with Crippen molar-refractivity contribution in [1.82, 2.24) is 4.98 Å². The van der Waals surface area contributed by atoms with Gasteiger partial charge >= 0.3 is 0 Å². The fraction of sp³-hybridized carbons (Fsp3) is 0.438. The molecule has 5 heteroatoms. The largest absolute Gasteiger partial charge is 0.496 e. The number of nitrogens with one attached hydrogen (secondary N) is 1. The molecule has 0 amide bonds. The number of benzene rings is 1. The van der Waals surface area contributed by atoms with Crippen molar-refractivity contribution in [2.24, 2.45) is 0 Å². The zero-order chi connectivity index (χ0) is 14.7. The van der Waals surface area contributed by atoms with Gasteiger partial charge in [-0.1, -0.05) is 6.42 Å². The molecule has 3 rings (SSSR count). The van der Waals surface area contributed by atoms with Crippen LogP contribution in [0.3, 0.4) is 0 Å². The minimum absolute atomic E-state index is 0.0227. The lowest BCUT2D eigenvalue weighted by Gasteiger charge is -2.22. The third kappa shape index (κ3) is 3.19. The number of methoxy groups -OCH3 is 1. The summed E-state index contributed by atoms with van der Waals surface area (Å²) in [5, 5.41) is 14.0. The lowest BCUT2D eigenvalue weighted by atomic mass is 9.86. The first-order valence-electron chi connectivity index (χ1n) is 7.26. The molecule has 0 saturated heterocycles. The summed E-state index contributed by atoms with van der Waals surface area (Å²) in [7, 11) is 1.61. The van der Waals surface area contributed by atoms with Gasteiger partial charge in [0, 0.05) is 28.2 Å². The van der Waals surface area contributed by atoms with E-state index in [0.717, 1.165) is 17.8 Å². The summed E-state index contributed by atoms with van der Waals surface area (Å²) >= 11 is 1.81. The summed E-state index contributed by atoms with van der Waals surface area (Å²) in [5.74, 6) is 1.42. The number of aliphatic hydroxyl groups excluding tert-OH is 1. The van der Waals surface area contributed by atoms with Crippen molar-refractivity contribution in [1.29, 1.82) is 0 Å². The Hall–Kier alpha value is -1.59. The van der Waals surface area contributed by atoms with Crippen LogP contribution in [-0.4, -0.2) is 17.2 Å². The number of hydrogen-bond donors (Lipinski definition) is 2. The van der Waals surface area contributed by atoms with Crippen LogP contribution in [0, 0.1) is 0 Å². The molecule has 0 bridgehead atoms. The lowest BCUT2D eigenvalue weighted by molar-refractivity contribution is 0.274. The maximum atomic E-state index is 9.34. The van der Waals surface area contributed by atoms with Gasteiger partial charge in [-0.05, 0) is 31.0 Å². The van der Waals surface area contributed by atoms with Crippen LogP contribution in [-0.2, 0) is 13.2 Å². The van der Waals surface area contributed by atoms with Crippen LogP contribution in [0.5, 0.6) is 5.75 Å². The van der Waals surface area contributed by atoms with E-state index >= 15 is 0 Å². The minimum atomic E-state index is -0.0227. The average molecular weight is 304 g/mol. The first kappa shape index (κ1) is 14.4. The van der Waals surface area contributed by atoms with Crippen molar-refractivity contribution in [3.8, 4) is 5.75 Å². The molecule has 2 N–H and O–H groups in total. The van der Waals surface area contributed by atoms with Crippen molar-refractivity contribution in [3.05, 3.63) is 39.8 Å². The molecule has 1 saturated carbocycles. The molecule has 1 aliphatic carbocycles. The van der Waals surface area contributed by atoms with Crippen molar-refractivity contribution in [2.75, 3.05) is 12.4 Å². The highest BCUT2D eigenvalue weighted by molar-refractivity contribution is 7.11. The molecule has 2 aromatic rings. The highest BCUT2D eigenvalue weighted by Crippen LogP contribution is 2.38. The summed E-state index contributed by atoms with van der Waals surface area (Å²) < 4.78 is 5.21. The number of anilines is 1. The highest BCUT2D eigenvalue weighted by Gasteiger charge is 2.22. The average Bonchev–Trinajstić information content (AvgIpc) is 2.91. The van der Waals surface area contributed by atoms with Gasteiger partial charge in [0.2, 0.25) is 0 Å². The Morgan fingerprint density at radius 3 is 2.95 bits per heavy atom. The van der Waals surface area contributed by atoms with Gasteiger partial charge in [-0.3, -0.25) is 0 Å². The summed E-state index contributed by atoms with van der Waals surface area (Å²) in [6, 6.07) is 5.76. The summed E-state index contributed by atoms with van der Waals surface area (Å²) in [6.07, 6.45) is 5.90. The third-order valence-corrected chi connectivity index (χ3v) is 5.10. The topological polar surface area (TPSA) is 54.4 Å². The van der Waals surface area contributed by atoms with Crippen molar-refractivity contribution in [2.45, 2.75) is 38.3 Å². The third-order valence-electron chi connectivity index (χ3n) is 3.94. The van der Waals surface area contributed by atoms with E-state index in [4.69, 9.17) is 4.74 Å². The molecule has 0 radical (unpaired) electrons. The normalized spacial score (nSPS) is 14.8. The monoisotopic (exact) mass is 304 g/mol. The van der Waals surface area contributed by atoms with Gasteiger partial charge in [-0.2, -0.15) is 0 Å². The standard InChI is InChI=1S/C16H20N2O2S/c1-20-15-6-5-13(7-12(15)10-19)17-8-14-9-18-16(21-14)11-3-2-4-11/h5-7,9,11,17,19H,2-4,8,10H2,1H3. The molecule has 1 aromatic heterocycles. The van der Waals surface area contributed by atoms with Crippen molar-refractivity contribution < 1.29 is 9.84 Å². The molecule has 4 nitrogen and oxygen atoms in total. The van der Waals surface area contributed by atoms with E-state index in [1.54, 1.807) is 18.4 Å². The van der Waals surface area contributed by atoms with Crippen LogP contribution in [0.15, 0.2) is 24.4 Å². The number of ether oxygens (including phenoxy) is 1. The molecule has 1 aliphatic rings. The van der Waals surface area contributed by atoms with Crippen LogP contribution in [0.25, 0.3) is 0 Å². The number of rotatable bonds is 6. The Bertz CT molecular complexity index is 608. The lowest BCUT2D eigenvalue weighted by Crippen LogP contribution is -2.07. The van der Waals surface area contributed by atoms with Crippen molar-refractivity contribution >= 4 is 17.0 Å². The van der Waals surface area contributed by atoms with Gasteiger partial charge in [0.1, 0.15) is 5.75 Å². The van der Waals surface area contributed by atoms with E-state index in [1.165, 1.54) is 29.1 Å². The molecule has 1 heterocycles. The fourth-order valence-electron chi connectivity index (χ4n) is 2.45. The van der Waals surface area contributed by atoms with E-state index in [-0.39, 0.29) is 6.61 Å². The first-order chi connectivity index (χ1) is 10.3. The zero-order valence-electron chi connectivity index (χ0n) is 12.1. The van der Waals surface area contributed by atoms with Crippen LogP contribution in [0.4, 0.5) is 5.69 Å². The molecule has 1 aromatic carbocycles. The second-order valence-corrected chi connectivity index (χ2v) is 6.48. The predicted octanol–water partition coefficient (Wildman–Crippen LogP) is 3.52. The number of aromatic nitrogens is 1. The molecule has 0 unspecified atom stereocenters. The van der Waals surface area contributed by atoms with Gasteiger partial charge < -0.3 is 15.2 Å². The Morgan fingerprint density at radius 1 is 1.43 bits per heavy atom. The molecule has 0 atom stereocenters. The van der Waals surface area contributed by atoms with Crippen molar-refractivity contribution in [3.63, 3.8) is 0 Å². The number of nitrogens with zero attached hydrogens (tertiary/aromatic N) is 1. The summed E-state index contributed by atoms with van der Waals surface area (Å²) in [4.78, 5) is 5.78. The molecule has 21 heavy (non-hydrogen) atoms. The van der Waals surface area contributed by atoms with E-state index < -0.39 is 0 Å². The second-order valence-electron chi connectivity index (χ2n) is 5.33. The molecular formula is C16H20N2O2S. The highest BCUT2D eigenvalue weighted by atomic mass is 32.1. The SMILES string of the molecule is COc1ccc(NCc2cnc(C3CCC3)s2)cc1CO. The quantitative estimate of drug-likeness (QED) is 0.857. The molecule has 0 aliphatic heterocycles. The Labute approximate surface area is 128 Å². The van der Waals surface area contributed by atoms with Gasteiger partial charge in [-0.25, -0.2) is 4.98 Å². The van der Waals surface area contributed by atoms with E-state index in [1.807, 2.05) is 24.4 Å². The smallest absolute Gasteiger partial charge is 0.124 e.